The van der Waals surface area contributed by atoms with E-state index in [1.165, 1.54) is 5.56 Å². The van der Waals surface area contributed by atoms with Crippen molar-refractivity contribution in [2.45, 2.75) is 34.1 Å². The van der Waals surface area contributed by atoms with Gasteiger partial charge in [0, 0.05) is 6.54 Å². The van der Waals surface area contributed by atoms with Crippen molar-refractivity contribution in [3.05, 3.63) is 35.1 Å². The van der Waals surface area contributed by atoms with Crippen LogP contribution in [0.3, 0.4) is 0 Å². The molecular formula is C14H22FN. The molecule has 1 nitrogen and oxygen atoms in total. The summed E-state index contributed by atoms with van der Waals surface area (Å²) in [6.07, 6.45) is 0.978. The highest BCUT2D eigenvalue weighted by atomic mass is 19.1. The van der Waals surface area contributed by atoms with Crippen molar-refractivity contribution in [2.75, 3.05) is 13.1 Å². The number of hydrogen-bond donors (Lipinski definition) is 1. The molecular weight excluding hydrogens is 201 g/mol. The van der Waals surface area contributed by atoms with Crippen LogP contribution < -0.4 is 5.32 Å². The van der Waals surface area contributed by atoms with Gasteiger partial charge in [-0.25, -0.2) is 4.39 Å². The monoisotopic (exact) mass is 223 g/mol. The van der Waals surface area contributed by atoms with Crippen molar-refractivity contribution < 1.29 is 4.39 Å². The molecule has 0 radical (unpaired) electrons. The highest BCUT2D eigenvalue weighted by molar-refractivity contribution is 5.27. The van der Waals surface area contributed by atoms with Crippen LogP contribution in [0, 0.1) is 18.2 Å². The Hall–Kier alpha value is -0.890. The van der Waals surface area contributed by atoms with Crippen LogP contribution >= 0.6 is 0 Å². The van der Waals surface area contributed by atoms with Crippen LogP contribution in [-0.2, 0) is 6.42 Å². The van der Waals surface area contributed by atoms with Crippen LogP contribution in [0.4, 0.5) is 4.39 Å². The summed E-state index contributed by atoms with van der Waals surface area (Å²) < 4.78 is 13.0. The highest BCUT2D eigenvalue weighted by Gasteiger charge is 2.18. The molecule has 0 atom stereocenters. The van der Waals surface area contributed by atoms with Gasteiger partial charge in [-0.05, 0) is 48.6 Å². The van der Waals surface area contributed by atoms with Crippen LogP contribution in [0.15, 0.2) is 18.2 Å². The summed E-state index contributed by atoms with van der Waals surface area (Å²) in [6.45, 7) is 10.5. The summed E-state index contributed by atoms with van der Waals surface area (Å²) >= 11 is 0. The van der Waals surface area contributed by atoms with E-state index in [4.69, 9.17) is 0 Å². The molecule has 0 aliphatic rings. The zero-order chi connectivity index (χ0) is 12.2. The second-order valence-corrected chi connectivity index (χ2v) is 5.19. The lowest BCUT2D eigenvalue weighted by Gasteiger charge is -2.25. The Morgan fingerprint density at radius 2 is 2.00 bits per heavy atom. The summed E-state index contributed by atoms with van der Waals surface area (Å²) in [7, 11) is 0. The first kappa shape index (κ1) is 13.2. The fraction of sp³-hybridized carbons (Fsp3) is 0.571. The molecule has 1 aromatic rings. The Labute approximate surface area is 98.1 Å². The molecule has 0 amide bonds. The van der Waals surface area contributed by atoms with Crippen molar-refractivity contribution in [1.29, 1.82) is 0 Å². The molecule has 2 heteroatoms. The standard InChI is InChI=1S/C14H22FN/c1-5-16-10-14(3,4)9-12-6-7-13(15)8-11(12)2/h6-8,16H,5,9-10H2,1-4H3. The number of halogens is 1. The minimum Gasteiger partial charge on any atom is -0.316 e. The van der Waals surface area contributed by atoms with Crippen molar-refractivity contribution >= 4 is 0 Å². The topological polar surface area (TPSA) is 12.0 Å². The maximum absolute atomic E-state index is 13.0. The first-order valence-corrected chi connectivity index (χ1v) is 5.90. The van der Waals surface area contributed by atoms with Crippen LogP contribution in [0.5, 0.6) is 0 Å². The molecule has 0 aromatic heterocycles. The van der Waals surface area contributed by atoms with Crippen LogP contribution in [0.1, 0.15) is 31.9 Å². The number of hydrogen-bond acceptors (Lipinski definition) is 1. The third kappa shape index (κ3) is 3.93. The molecule has 0 saturated carbocycles. The number of benzene rings is 1. The van der Waals surface area contributed by atoms with E-state index < -0.39 is 0 Å². The molecule has 0 bridgehead atoms. The van der Waals surface area contributed by atoms with Gasteiger partial charge in [-0.15, -0.1) is 0 Å². The zero-order valence-electron chi connectivity index (χ0n) is 10.7. The summed E-state index contributed by atoms with van der Waals surface area (Å²) in [5.74, 6) is -0.147. The van der Waals surface area contributed by atoms with Crippen LogP contribution in [0.25, 0.3) is 0 Å². The second-order valence-electron chi connectivity index (χ2n) is 5.19. The van der Waals surface area contributed by atoms with Crippen molar-refractivity contribution in [3.8, 4) is 0 Å². The van der Waals surface area contributed by atoms with Crippen molar-refractivity contribution in [1.82, 2.24) is 5.32 Å². The summed E-state index contributed by atoms with van der Waals surface area (Å²) in [5.41, 5.74) is 2.49. The van der Waals surface area contributed by atoms with Gasteiger partial charge in [0.1, 0.15) is 5.82 Å². The van der Waals surface area contributed by atoms with Gasteiger partial charge in [-0.1, -0.05) is 26.8 Å². The van der Waals surface area contributed by atoms with Gasteiger partial charge in [-0.2, -0.15) is 0 Å². The largest absolute Gasteiger partial charge is 0.316 e. The van der Waals surface area contributed by atoms with Crippen LogP contribution in [-0.4, -0.2) is 13.1 Å². The molecule has 0 fully saturated rings. The minimum absolute atomic E-state index is 0.147. The fourth-order valence-corrected chi connectivity index (χ4v) is 1.90. The summed E-state index contributed by atoms with van der Waals surface area (Å²) in [6, 6.07) is 5.06. The van der Waals surface area contributed by atoms with Gasteiger partial charge in [-0.3, -0.25) is 0 Å². The predicted molar refractivity (Wildman–Crippen MR) is 67.2 cm³/mol. The van der Waals surface area contributed by atoms with E-state index in [0.29, 0.717) is 0 Å². The average Bonchev–Trinajstić information content (AvgIpc) is 2.19. The quantitative estimate of drug-likeness (QED) is 0.807. The van der Waals surface area contributed by atoms with Gasteiger partial charge in [0.2, 0.25) is 0 Å². The number of rotatable bonds is 5. The van der Waals surface area contributed by atoms with E-state index >= 15 is 0 Å². The Morgan fingerprint density at radius 1 is 1.31 bits per heavy atom. The zero-order valence-corrected chi connectivity index (χ0v) is 10.7. The average molecular weight is 223 g/mol. The van der Waals surface area contributed by atoms with E-state index in [-0.39, 0.29) is 11.2 Å². The maximum atomic E-state index is 13.0. The van der Waals surface area contributed by atoms with E-state index in [9.17, 15) is 4.39 Å². The van der Waals surface area contributed by atoms with Gasteiger partial charge in [0.05, 0.1) is 0 Å². The Kier molecular flexibility index (Phi) is 4.48. The molecule has 0 unspecified atom stereocenters. The lowest BCUT2D eigenvalue weighted by Crippen LogP contribution is -2.31. The number of nitrogens with one attached hydrogen (secondary N) is 1. The third-order valence-corrected chi connectivity index (χ3v) is 2.83. The molecule has 1 rings (SSSR count). The molecule has 90 valence electrons. The van der Waals surface area contributed by atoms with Gasteiger partial charge in [0.25, 0.3) is 0 Å². The molecule has 0 saturated heterocycles. The summed E-state index contributed by atoms with van der Waals surface area (Å²) in [4.78, 5) is 0. The Balaban J connectivity index is 2.71. The van der Waals surface area contributed by atoms with Gasteiger partial charge in [0.15, 0.2) is 0 Å². The van der Waals surface area contributed by atoms with Gasteiger partial charge >= 0.3 is 0 Å². The van der Waals surface area contributed by atoms with E-state index in [0.717, 1.165) is 25.1 Å². The molecule has 0 aliphatic carbocycles. The first-order valence-electron chi connectivity index (χ1n) is 5.90. The van der Waals surface area contributed by atoms with Crippen molar-refractivity contribution in [2.24, 2.45) is 5.41 Å². The van der Waals surface area contributed by atoms with E-state index in [2.05, 4.69) is 26.1 Å². The lowest BCUT2D eigenvalue weighted by atomic mass is 9.84. The second kappa shape index (κ2) is 5.44. The van der Waals surface area contributed by atoms with Gasteiger partial charge < -0.3 is 5.32 Å². The lowest BCUT2D eigenvalue weighted by molar-refractivity contribution is 0.341. The van der Waals surface area contributed by atoms with Crippen molar-refractivity contribution in [3.63, 3.8) is 0 Å². The Morgan fingerprint density at radius 3 is 2.56 bits per heavy atom. The summed E-state index contributed by atoms with van der Waals surface area (Å²) in [5, 5.41) is 3.37. The SMILES string of the molecule is CCNCC(C)(C)Cc1ccc(F)cc1C. The van der Waals surface area contributed by atoms with E-state index in [1.807, 2.05) is 13.0 Å². The molecule has 1 aromatic carbocycles. The third-order valence-electron chi connectivity index (χ3n) is 2.83. The highest BCUT2D eigenvalue weighted by Crippen LogP contribution is 2.23. The molecule has 1 N–H and O–H groups in total. The number of aryl methyl sites for hydroxylation is 1. The fourth-order valence-electron chi connectivity index (χ4n) is 1.90. The van der Waals surface area contributed by atoms with Crippen LogP contribution in [0.2, 0.25) is 0 Å². The Bertz CT molecular complexity index is 345. The normalized spacial score (nSPS) is 11.8. The maximum Gasteiger partial charge on any atom is 0.123 e. The molecule has 0 aliphatic heterocycles. The molecule has 0 spiro atoms. The smallest absolute Gasteiger partial charge is 0.123 e. The van der Waals surface area contributed by atoms with E-state index in [1.54, 1.807) is 12.1 Å². The molecule has 16 heavy (non-hydrogen) atoms. The predicted octanol–water partition coefficient (Wildman–Crippen LogP) is 3.31. The minimum atomic E-state index is -0.147. The first-order chi connectivity index (χ1) is 7.44. The molecule has 0 heterocycles.